The Labute approximate surface area is 125 Å². The number of carbonyl (C=O) groups excluding carboxylic acids is 1. The maximum absolute atomic E-state index is 11.3. The molecule has 114 valence electrons. The zero-order chi connectivity index (χ0) is 15.4. The lowest BCUT2D eigenvalue weighted by Gasteiger charge is -2.32. The standard InChI is InChI=1S/C16H23N3O2/c1-12-10-18(2)9-8-15(12)19(3)11-13-4-6-14(7-5-13)16(20)17-21/h4-7,21H,8-11H2,1-3H3,(H,17,20). The number of hydrogen-bond acceptors (Lipinski definition) is 4. The SMILES string of the molecule is CC1=C(N(C)Cc2ccc(C(=O)NO)cc2)CCN(C)C1. The molecular formula is C16H23N3O2. The lowest BCUT2D eigenvalue weighted by Crippen LogP contribution is -2.32. The van der Waals surface area contributed by atoms with Crippen LogP contribution in [0.15, 0.2) is 35.5 Å². The first-order valence-electron chi connectivity index (χ1n) is 7.13. The molecular weight excluding hydrogens is 266 g/mol. The van der Waals surface area contributed by atoms with Crippen LogP contribution in [0.3, 0.4) is 0 Å². The number of likely N-dealkylation sites (N-methyl/N-ethyl adjacent to an activating group) is 1. The number of benzene rings is 1. The summed E-state index contributed by atoms with van der Waals surface area (Å²) >= 11 is 0. The molecule has 5 nitrogen and oxygen atoms in total. The molecule has 0 aliphatic carbocycles. The molecule has 1 aromatic rings. The van der Waals surface area contributed by atoms with Gasteiger partial charge >= 0.3 is 0 Å². The van der Waals surface area contributed by atoms with Gasteiger partial charge in [-0.3, -0.25) is 10.0 Å². The molecule has 0 fully saturated rings. The fraction of sp³-hybridized carbons (Fsp3) is 0.438. The first-order chi connectivity index (χ1) is 10.0. The van der Waals surface area contributed by atoms with Gasteiger partial charge in [0.15, 0.2) is 0 Å². The van der Waals surface area contributed by atoms with E-state index in [1.165, 1.54) is 11.3 Å². The van der Waals surface area contributed by atoms with Crippen molar-refractivity contribution in [2.75, 3.05) is 27.2 Å². The zero-order valence-corrected chi connectivity index (χ0v) is 12.9. The fourth-order valence-electron chi connectivity index (χ4n) is 2.80. The molecule has 0 saturated heterocycles. The van der Waals surface area contributed by atoms with Gasteiger partial charge in [-0.1, -0.05) is 12.1 Å². The van der Waals surface area contributed by atoms with Crippen LogP contribution in [0.1, 0.15) is 29.3 Å². The van der Waals surface area contributed by atoms with E-state index in [1.54, 1.807) is 17.6 Å². The summed E-state index contributed by atoms with van der Waals surface area (Å²) in [5, 5.41) is 8.61. The van der Waals surface area contributed by atoms with Gasteiger partial charge in [0.2, 0.25) is 0 Å². The highest BCUT2D eigenvalue weighted by atomic mass is 16.5. The molecule has 1 aliphatic rings. The second kappa shape index (κ2) is 6.74. The fourth-order valence-corrected chi connectivity index (χ4v) is 2.80. The average molecular weight is 289 g/mol. The van der Waals surface area contributed by atoms with Crippen molar-refractivity contribution in [1.29, 1.82) is 0 Å². The molecule has 1 heterocycles. The van der Waals surface area contributed by atoms with E-state index >= 15 is 0 Å². The second-order valence-electron chi connectivity index (χ2n) is 5.71. The van der Waals surface area contributed by atoms with Crippen molar-refractivity contribution in [3.05, 3.63) is 46.7 Å². The summed E-state index contributed by atoms with van der Waals surface area (Å²) in [6.07, 6.45) is 1.07. The Kier molecular flexibility index (Phi) is 4.98. The average Bonchev–Trinajstić information content (AvgIpc) is 2.47. The summed E-state index contributed by atoms with van der Waals surface area (Å²) in [5.74, 6) is -0.483. The van der Waals surface area contributed by atoms with E-state index in [4.69, 9.17) is 5.21 Å². The quantitative estimate of drug-likeness (QED) is 0.656. The van der Waals surface area contributed by atoms with Crippen LogP contribution in [0.25, 0.3) is 0 Å². The van der Waals surface area contributed by atoms with E-state index in [0.717, 1.165) is 31.6 Å². The number of rotatable bonds is 4. The van der Waals surface area contributed by atoms with Gasteiger partial charge in [-0.25, -0.2) is 5.48 Å². The summed E-state index contributed by atoms with van der Waals surface area (Å²) in [6.45, 7) is 5.12. The highest BCUT2D eigenvalue weighted by molar-refractivity contribution is 5.93. The molecule has 1 aliphatic heterocycles. The Morgan fingerprint density at radius 3 is 2.62 bits per heavy atom. The number of carbonyl (C=O) groups is 1. The maximum atomic E-state index is 11.3. The van der Waals surface area contributed by atoms with Gasteiger partial charge in [-0.2, -0.15) is 0 Å². The Morgan fingerprint density at radius 2 is 2.05 bits per heavy atom. The lowest BCUT2D eigenvalue weighted by atomic mass is 10.1. The molecule has 0 atom stereocenters. The molecule has 0 spiro atoms. The smallest absolute Gasteiger partial charge is 0.274 e. The van der Waals surface area contributed by atoms with Crippen molar-refractivity contribution in [1.82, 2.24) is 15.3 Å². The van der Waals surface area contributed by atoms with Crippen LogP contribution in [-0.2, 0) is 6.54 Å². The molecule has 5 heteroatoms. The number of amides is 1. The van der Waals surface area contributed by atoms with E-state index in [2.05, 4.69) is 30.8 Å². The van der Waals surface area contributed by atoms with Crippen LogP contribution in [0.4, 0.5) is 0 Å². The van der Waals surface area contributed by atoms with Crippen molar-refractivity contribution in [3.8, 4) is 0 Å². The summed E-state index contributed by atoms with van der Waals surface area (Å²) < 4.78 is 0. The predicted molar refractivity (Wildman–Crippen MR) is 82.0 cm³/mol. The van der Waals surface area contributed by atoms with Crippen molar-refractivity contribution < 1.29 is 10.0 Å². The van der Waals surface area contributed by atoms with Crippen LogP contribution >= 0.6 is 0 Å². The van der Waals surface area contributed by atoms with Gasteiger partial charge in [-0.05, 0) is 37.2 Å². The zero-order valence-electron chi connectivity index (χ0n) is 12.9. The van der Waals surface area contributed by atoms with Gasteiger partial charge in [-0.15, -0.1) is 0 Å². The second-order valence-corrected chi connectivity index (χ2v) is 5.71. The highest BCUT2D eigenvalue weighted by Gasteiger charge is 2.16. The predicted octanol–water partition coefficient (Wildman–Crippen LogP) is 1.85. The van der Waals surface area contributed by atoms with Crippen LogP contribution in [0, 0.1) is 0 Å². The molecule has 0 bridgehead atoms. The highest BCUT2D eigenvalue weighted by Crippen LogP contribution is 2.21. The Balaban J connectivity index is 2.04. The minimum atomic E-state index is -0.483. The Bertz CT molecular complexity index is 537. The number of nitrogens with one attached hydrogen (secondary N) is 1. The van der Waals surface area contributed by atoms with Gasteiger partial charge < -0.3 is 9.80 Å². The maximum Gasteiger partial charge on any atom is 0.274 e. The van der Waals surface area contributed by atoms with E-state index < -0.39 is 5.91 Å². The van der Waals surface area contributed by atoms with Gasteiger partial charge in [0.25, 0.3) is 5.91 Å². The summed E-state index contributed by atoms with van der Waals surface area (Å²) in [4.78, 5) is 15.9. The first-order valence-corrected chi connectivity index (χ1v) is 7.13. The third-order valence-corrected chi connectivity index (χ3v) is 3.93. The molecule has 0 aromatic heterocycles. The normalized spacial score (nSPS) is 16.0. The molecule has 0 radical (unpaired) electrons. The van der Waals surface area contributed by atoms with Crippen LogP contribution in [0.2, 0.25) is 0 Å². The van der Waals surface area contributed by atoms with Crippen LogP contribution < -0.4 is 5.48 Å². The number of hydrogen-bond donors (Lipinski definition) is 2. The largest absolute Gasteiger partial charge is 0.374 e. The Morgan fingerprint density at radius 1 is 1.38 bits per heavy atom. The van der Waals surface area contributed by atoms with Crippen LogP contribution in [-0.4, -0.2) is 48.1 Å². The van der Waals surface area contributed by atoms with Crippen molar-refractivity contribution in [2.45, 2.75) is 19.9 Å². The van der Waals surface area contributed by atoms with Crippen molar-refractivity contribution in [3.63, 3.8) is 0 Å². The van der Waals surface area contributed by atoms with Crippen molar-refractivity contribution in [2.24, 2.45) is 0 Å². The molecule has 2 N–H and O–H groups in total. The summed E-state index contributed by atoms with van der Waals surface area (Å²) in [6, 6.07) is 7.30. The molecule has 2 rings (SSSR count). The van der Waals surface area contributed by atoms with E-state index in [0.29, 0.717) is 5.56 Å². The molecule has 21 heavy (non-hydrogen) atoms. The number of nitrogens with zero attached hydrogens (tertiary/aromatic N) is 2. The monoisotopic (exact) mass is 289 g/mol. The third-order valence-electron chi connectivity index (χ3n) is 3.93. The molecule has 1 amide bonds. The third kappa shape index (κ3) is 3.83. The van der Waals surface area contributed by atoms with Gasteiger partial charge in [0.05, 0.1) is 0 Å². The van der Waals surface area contributed by atoms with Gasteiger partial charge in [0, 0.05) is 44.4 Å². The number of hydroxylamine groups is 1. The first kappa shape index (κ1) is 15.5. The van der Waals surface area contributed by atoms with E-state index in [9.17, 15) is 4.79 Å². The van der Waals surface area contributed by atoms with E-state index in [1.807, 2.05) is 12.1 Å². The molecule has 0 unspecified atom stereocenters. The molecule has 0 saturated carbocycles. The topological polar surface area (TPSA) is 55.8 Å². The summed E-state index contributed by atoms with van der Waals surface area (Å²) in [5.41, 5.74) is 6.07. The molecule has 1 aromatic carbocycles. The Hall–Kier alpha value is -1.85. The lowest BCUT2D eigenvalue weighted by molar-refractivity contribution is 0.0706. The van der Waals surface area contributed by atoms with Gasteiger partial charge in [0.1, 0.15) is 0 Å². The van der Waals surface area contributed by atoms with Crippen LogP contribution in [0.5, 0.6) is 0 Å². The minimum Gasteiger partial charge on any atom is -0.374 e. The summed E-state index contributed by atoms with van der Waals surface area (Å²) in [7, 11) is 4.25. The minimum absolute atomic E-state index is 0.457. The van der Waals surface area contributed by atoms with E-state index in [-0.39, 0.29) is 0 Å². The van der Waals surface area contributed by atoms with Crippen molar-refractivity contribution >= 4 is 5.91 Å².